The zero-order valence-corrected chi connectivity index (χ0v) is 11.7. The molecule has 0 aliphatic rings. The second-order valence-corrected chi connectivity index (χ2v) is 5.64. The topological polar surface area (TPSA) is 38.9 Å². The van der Waals surface area contributed by atoms with E-state index in [2.05, 4.69) is 20.9 Å². The van der Waals surface area contributed by atoms with Crippen LogP contribution in [0.3, 0.4) is 0 Å². The molecule has 0 radical (unpaired) electrons. The maximum Gasteiger partial charge on any atom is 0.124 e. The summed E-state index contributed by atoms with van der Waals surface area (Å²) in [5, 5.41) is 3.65. The molecular weight excluding hydrogens is 308 g/mol. The molecule has 1 atom stereocenters. The van der Waals surface area contributed by atoms with Crippen LogP contribution in [0.5, 0.6) is 0 Å². The maximum atomic E-state index is 5.89. The van der Waals surface area contributed by atoms with Crippen LogP contribution >= 0.6 is 38.9 Å². The first-order chi connectivity index (χ1) is 7.58. The molecule has 0 amide bonds. The Morgan fingerprint density at radius 2 is 2.25 bits per heavy atom. The van der Waals surface area contributed by atoms with E-state index in [4.69, 9.17) is 17.3 Å². The van der Waals surface area contributed by atoms with Crippen molar-refractivity contribution < 1.29 is 0 Å². The third-order valence-corrected chi connectivity index (χ3v) is 3.94. The van der Waals surface area contributed by atoms with Crippen LogP contribution in [0.25, 0.3) is 10.6 Å². The lowest BCUT2D eigenvalue weighted by molar-refractivity contribution is 0.790. The van der Waals surface area contributed by atoms with Crippen molar-refractivity contribution in [2.45, 2.75) is 13.0 Å². The summed E-state index contributed by atoms with van der Waals surface area (Å²) in [6.07, 6.45) is 0. The van der Waals surface area contributed by atoms with Gasteiger partial charge in [-0.3, -0.25) is 0 Å². The normalized spacial score (nSPS) is 12.8. The Balaban J connectivity index is 2.42. The van der Waals surface area contributed by atoms with E-state index >= 15 is 0 Å². The van der Waals surface area contributed by atoms with E-state index in [1.807, 2.05) is 30.5 Å². The molecule has 1 unspecified atom stereocenters. The van der Waals surface area contributed by atoms with Crippen molar-refractivity contribution in [1.29, 1.82) is 0 Å². The number of halogens is 2. The average molecular weight is 318 g/mol. The zero-order valence-electron chi connectivity index (χ0n) is 8.58. The molecule has 2 aromatic rings. The first-order valence-corrected chi connectivity index (χ1v) is 6.79. The summed E-state index contributed by atoms with van der Waals surface area (Å²) in [6.45, 7) is 1.93. The first kappa shape index (κ1) is 12.0. The summed E-state index contributed by atoms with van der Waals surface area (Å²) >= 11 is 11.0. The molecule has 5 heteroatoms. The van der Waals surface area contributed by atoms with Gasteiger partial charge in [-0.2, -0.15) is 0 Å². The van der Waals surface area contributed by atoms with E-state index in [9.17, 15) is 0 Å². The van der Waals surface area contributed by atoms with E-state index in [1.54, 1.807) is 11.3 Å². The lowest BCUT2D eigenvalue weighted by atomic mass is 10.2. The van der Waals surface area contributed by atoms with E-state index in [0.29, 0.717) is 5.02 Å². The minimum absolute atomic E-state index is 0.0314. The van der Waals surface area contributed by atoms with Gasteiger partial charge in [-0.1, -0.05) is 27.5 Å². The van der Waals surface area contributed by atoms with E-state index in [1.165, 1.54) is 0 Å². The van der Waals surface area contributed by atoms with Crippen LogP contribution in [0.2, 0.25) is 5.02 Å². The van der Waals surface area contributed by atoms with Crippen LogP contribution in [0.4, 0.5) is 0 Å². The average Bonchev–Trinajstić information content (AvgIpc) is 2.66. The van der Waals surface area contributed by atoms with Gasteiger partial charge in [0.05, 0.1) is 5.69 Å². The summed E-state index contributed by atoms with van der Waals surface area (Å²) in [7, 11) is 0. The smallest absolute Gasteiger partial charge is 0.124 e. The van der Waals surface area contributed by atoms with Crippen LogP contribution in [0.1, 0.15) is 18.7 Å². The largest absolute Gasteiger partial charge is 0.323 e. The van der Waals surface area contributed by atoms with Crippen molar-refractivity contribution in [3.05, 3.63) is 38.8 Å². The standard InChI is InChI=1S/C11H10BrClN2S/c1-6(14)10-5-16-11(15-10)8-3-2-7(13)4-9(8)12/h2-6H,14H2,1H3. The molecule has 2 N–H and O–H groups in total. The molecule has 0 aliphatic heterocycles. The summed E-state index contributed by atoms with van der Waals surface area (Å²) in [5.74, 6) is 0. The lowest BCUT2D eigenvalue weighted by Crippen LogP contribution is -2.04. The highest BCUT2D eigenvalue weighted by atomic mass is 79.9. The van der Waals surface area contributed by atoms with Crippen LogP contribution < -0.4 is 5.73 Å². The predicted octanol–water partition coefficient (Wildman–Crippen LogP) is 4.25. The molecule has 0 spiro atoms. The highest BCUT2D eigenvalue weighted by Crippen LogP contribution is 2.33. The Bertz CT molecular complexity index is 510. The second-order valence-electron chi connectivity index (χ2n) is 3.49. The lowest BCUT2D eigenvalue weighted by Gasteiger charge is -2.01. The number of aromatic nitrogens is 1. The molecule has 1 aromatic carbocycles. The van der Waals surface area contributed by atoms with Gasteiger partial charge in [-0.15, -0.1) is 11.3 Å². The third-order valence-electron chi connectivity index (χ3n) is 2.15. The van der Waals surface area contributed by atoms with Crippen molar-refractivity contribution in [3.63, 3.8) is 0 Å². The number of benzene rings is 1. The highest BCUT2D eigenvalue weighted by molar-refractivity contribution is 9.10. The van der Waals surface area contributed by atoms with Crippen molar-refractivity contribution >= 4 is 38.9 Å². The van der Waals surface area contributed by atoms with Crippen molar-refractivity contribution in [2.24, 2.45) is 5.73 Å². The molecule has 0 fully saturated rings. The highest BCUT2D eigenvalue weighted by Gasteiger charge is 2.10. The van der Waals surface area contributed by atoms with Crippen LogP contribution in [0.15, 0.2) is 28.1 Å². The van der Waals surface area contributed by atoms with E-state index < -0.39 is 0 Å². The van der Waals surface area contributed by atoms with Gasteiger partial charge in [-0.05, 0) is 25.1 Å². The number of rotatable bonds is 2. The molecule has 0 saturated heterocycles. The quantitative estimate of drug-likeness (QED) is 0.899. The molecular formula is C11H10BrClN2S. The fourth-order valence-electron chi connectivity index (χ4n) is 1.28. The van der Waals surface area contributed by atoms with Gasteiger partial charge in [0, 0.05) is 26.5 Å². The molecule has 0 aliphatic carbocycles. The van der Waals surface area contributed by atoms with Crippen molar-refractivity contribution in [3.8, 4) is 10.6 Å². The molecule has 84 valence electrons. The summed E-state index contributed by atoms with van der Waals surface area (Å²) in [4.78, 5) is 4.49. The monoisotopic (exact) mass is 316 g/mol. The summed E-state index contributed by atoms with van der Waals surface area (Å²) in [5.41, 5.74) is 7.74. The number of nitrogens with two attached hydrogens (primary N) is 1. The van der Waals surface area contributed by atoms with Gasteiger partial charge < -0.3 is 5.73 Å². The van der Waals surface area contributed by atoms with Crippen LogP contribution in [0, 0.1) is 0 Å². The number of hydrogen-bond acceptors (Lipinski definition) is 3. The SMILES string of the molecule is CC(N)c1csc(-c2ccc(Cl)cc2Br)n1. The van der Waals surface area contributed by atoms with Gasteiger partial charge in [-0.25, -0.2) is 4.98 Å². The van der Waals surface area contributed by atoms with Crippen molar-refractivity contribution in [2.75, 3.05) is 0 Å². The van der Waals surface area contributed by atoms with Gasteiger partial charge in [0.1, 0.15) is 5.01 Å². The van der Waals surface area contributed by atoms with Gasteiger partial charge >= 0.3 is 0 Å². The Labute approximate surface area is 112 Å². The van der Waals surface area contributed by atoms with Crippen molar-refractivity contribution in [1.82, 2.24) is 4.98 Å². The van der Waals surface area contributed by atoms with E-state index in [-0.39, 0.29) is 6.04 Å². The van der Waals surface area contributed by atoms with E-state index in [0.717, 1.165) is 20.7 Å². The van der Waals surface area contributed by atoms with Gasteiger partial charge in [0.15, 0.2) is 0 Å². The second kappa shape index (κ2) is 4.84. The molecule has 0 saturated carbocycles. The number of hydrogen-bond donors (Lipinski definition) is 1. The first-order valence-electron chi connectivity index (χ1n) is 4.74. The molecule has 0 bridgehead atoms. The number of nitrogens with zero attached hydrogens (tertiary/aromatic N) is 1. The fraction of sp³-hybridized carbons (Fsp3) is 0.182. The third kappa shape index (κ3) is 2.46. The Hall–Kier alpha value is -0.420. The van der Waals surface area contributed by atoms with Gasteiger partial charge in [0.25, 0.3) is 0 Å². The predicted molar refractivity (Wildman–Crippen MR) is 72.9 cm³/mol. The van der Waals surface area contributed by atoms with Gasteiger partial charge in [0.2, 0.25) is 0 Å². The summed E-state index contributed by atoms with van der Waals surface area (Å²) in [6, 6.07) is 5.64. The van der Waals surface area contributed by atoms with Crippen LogP contribution in [-0.2, 0) is 0 Å². The Morgan fingerprint density at radius 1 is 1.50 bits per heavy atom. The number of thiazole rings is 1. The molecule has 2 nitrogen and oxygen atoms in total. The fourth-order valence-corrected chi connectivity index (χ4v) is 3.25. The molecule has 1 heterocycles. The minimum atomic E-state index is -0.0314. The Kier molecular flexibility index (Phi) is 3.64. The maximum absolute atomic E-state index is 5.89. The molecule has 1 aromatic heterocycles. The summed E-state index contributed by atoms with van der Waals surface area (Å²) < 4.78 is 0.950. The Morgan fingerprint density at radius 3 is 2.81 bits per heavy atom. The molecule has 16 heavy (non-hydrogen) atoms. The van der Waals surface area contributed by atoms with Crippen LogP contribution in [-0.4, -0.2) is 4.98 Å². The zero-order chi connectivity index (χ0) is 11.7. The molecule has 2 rings (SSSR count). The minimum Gasteiger partial charge on any atom is -0.323 e.